The molecule has 2 heterocycles. The van der Waals surface area contributed by atoms with E-state index >= 15 is 0 Å². The minimum atomic E-state index is -0.940. The van der Waals surface area contributed by atoms with Gasteiger partial charge in [-0.05, 0) is 43.3 Å². The Hall–Kier alpha value is -4.05. The lowest BCUT2D eigenvalue weighted by atomic mass is 10.2. The van der Waals surface area contributed by atoms with Crippen LogP contribution in [0.25, 0.3) is 28.2 Å². The number of ether oxygens (including phenoxy) is 1. The van der Waals surface area contributed by atoms with Crippen LogP contribution in [0.4, 0.5) is 4.39 Å². The summed E-state index contributed by atoms with van der Waals surface area (Å²) in [6, 6.07) is 11.8. The van der Waals surface area contributed by atoms with Crippen LogP contribution in [0.15, 0.2) is 53.3 Å². The van der Waals surface area contributed by atoms with Gasteiger partial charge in [-0.3, -0.25) is 14.2 Å². The molecule has 2 aromatic heterocycles. The van der Waals surface area contributed by atoms with Crippen LogP contribution in [0.5, 0.6) is 0 Å². The van der Waals surface area contributed by atoms with Gasteiger partial charge in [0.2, 0.25) is 0 Å². The van der Waals surface area contributed by atoms with Crippen molar-refractivity contribution >= 4 is 34.6 Å². The molecule has 4 aromatic rings. The lowest BCUT2D eigenvalue weighted by Gasteiger charge is -2.08. The SMILES string of the molecule is CCOC(=O)Cn1c(=O)n(-c2ccc(F)cc2)c2nc(-c3ccccc3Cl)nc(C(N)=O)c21. The molecule has 0 aliphatic rings. The van der Waals surface area contributed by atoms with Crippen LogP contribution >= 0.6 is 11.6 Å². The number of carbonyl (C=O) groups is 2. The van der Waals surface area contributed by atoms with Crippen molar-refractivity contribution in [2.24, 2.45) is 5.73 Å². The number of amides is 1. The molecule has 0 aliphatic carbocycles. The zero-order valence-corrected chi connectivity index (χ0v) is 18.0. The van der Waals surface area contributed by atoms with Crippen LogP contribution in [0.2, 0.25) is 5.02 Å². The Bertz CT molecular complexity index is 1450. The van der Waals surface area contributed by atoms with Crippen LogP contribution in [-0.2, 0) is 16.1 Å². The first kappa shape index (κ1) is 22.2. The molecule has 0 aliphatic heterocycles. The quantitative estimate of drug-likeness (QED) is 0.433. The van der Waals surface area contributed by atoms with E-state index < -0.39 is 29.9 Å². The van der Waals surface area contributed by atoms with Crippen LogP contribution < -0.4 is 11.4 Å². The first-order chi connectivity index (χ1) is 15.8. The highest BCUT2D eigenvalue weighted by molar-refractivity contribution is 6.33. The number of fused-ring (bicyclic) bond motifs is 1. The summed E-state index contributed by atoms with van der Waals surface area (Å²) in [5, 5.41) is 0.314. The van der Waals surface area contributed by atoms with E-state index in [0.29, 0.717) is 10.6 Å². The second-order valence-corrected chi connectivity index (χ2v) is 7.30. The number of hydrogen-bond acceptors (Lipinski definition) is 6. The summed E-state index contributed by atoms with van der Waals surface area (Å²) in [4.78, 5) is 46.7. The molecule has 0 radical (unpaired) electrons. The fourth-order valence-electron chi connectivity index (χ4n) is 3.39. The number of primary amides is 1. The van der Waals surface area contributed by atoms with E-state index in [4.69, 9.17) is 22.1 Å². The predicted molar refractivity (Wildman–Crippen MR) is 119 cm³/mol. The molecule has 0 unspecified atom stereocenters. The summed E-state index contributed by atoms with van der Waals surface area (Å²) in [6.45, 7) is 1.21. The first-order valence-electron chi connectivity index (χ1n) is 9.81. The highest BCUT2D eigenvalue weighted by atomic mass is 35.5. The maximum atomic E-state index is 13.5. The molecule has 33 heavy (non-hydrogen) atoms. The summed E-state index contributed by atoms with van der Waals surface area (Å²) >= 11 is 6.28. The number of aromatic nitrogens is 4. The van der Waals surface area contributed by atoms with E-state index in [-0.39, 0.29) is 35.0 Å². The molecule has 0 atom stereocenters. The van der Waals surface area contributed by atoms with Gasteiger partial charge in [0.05, 0.1) is 17.3 Å². The van der Waals surface area contributed by atoms with Gasteiger partial charge in [0, 0.05) is 5.56 Å². The predicted octanol–water partition coefficient (Wildman–Crippen LogP) is 2.70. The largest absolute Gasteiger partial charge is 0.465 e. The van der Waals surface area contributed by atoms with Crippen molar-refractivity contribution in [2.45, 2.75) is 13.5 Å². The average Bonchev–Trinajstić information content (AvgIpc) is 3.05. The van der Waals surface area contributed by atoms with Crippen LogP contribution in [0, 0.1) is 5.82 Å². The lowest BCUT2D eigenvalue weighted by Crippen LogP contribution is -2.28. The molecule has 4 rings (SSSR count). The van der Waals surface area contributed by atoms with Gasteiger partial charge < -0.3 is 10.5 Å². The molecule has 0 saturated heterocycles. The Morgan fingerprint density at radius 1 is 1.12 bits per heavy atom. The number of hydrogen-bond donors (Lipinski definition) is 1. The van der Waals surface area contributed by atoms with Gasteiger partial charge in [-0.15, -0.1) is 0 Å². The van der Waals surface area contributed by atoms with Crippen molar-refractivity contribution in [1.82, 2.24) is 19.1 Å². The molecule has 0 saturated carbocycles. The monoisotopic (exact) mass is 469 g/mol. The molecule has 0 fully saturated rings. The summed E-state index contributed by atoms with van der Waals surface area (Å²) in [6.07, 6.45) is 0. The average molecular weight is 470 g/mol. The van der Waals surface area contributed by atoms with Crippen molar-refractivity contribution in [1.29, 1.82) is 0 Å². The minimum absolute atomic E-state index is 0.00498. The Morgan fingerprint density at radius 3 is 2.45 bits per heavy atom. The number of imidazole rings is 1. The number of benzene rings is 2. The third kappa shape index (κ3) is 4.08. The van der Waals surface area contributed by atoms with Crippen LogP contribution in [0.3, 0.4) is 0 Å². The molecule has 9 nitrogen and oxygen atoms in total. The highest BCUT2D eigenvalue weighted by Crippen LogP contribution is 2.28. The maximum Gasteiger partial charge on any atom is 0.335 e. The number of nitrogens with zero attached hydrogens (tertiary/aromatic N) is 4. The third-order valence-electron chi connectivity index (χ3n) is 4.80. The number of rotatable bonds is 6. The first-order valence-corrected chi connectivity index (χ1v) is 10.2. The molecule has 0 spiro atoms. The van der Waals surface area contributed by atoms with E-state index in [2.05, 4.69) is 9.97 Å². The molecule has 11 heteroatoms. The smallest absolute Gasteiger partial charge is 0.335 e. The minimum Gasteiger partial charge on any atom is -0.465 e. The normalized spacial score (nSPS) is 11.0. The van der Waals surface area contributed by atoms with Gasteiger partial charge in [-0.2, -0.15) is 0 Å². The van der Waals surface area contributed by atoms with E-state index in [0.717, 1.165) is 9.13 Å². The molecular weight excluding hydrogens is 453 g/mol. The maximum absolute atomic E-state index is 13.5. The summed E-state index contributed by atoms with van der Waals surface area (Å²) in [7, 11) is 0. The van der Waals surface area contributed by atoms with Crippen LogP contribution in [0.1, 0.15) is 17.4 Å². The molecule has 168 valence electrons. The Morgan fingerprint density at radius 2 is 1.82 bits per heavy atom. The van der Waals surface area contributed by atoms with Crippen molar-refractivity contribution in [3.63, 3.8) is 0 Å². The van der Waals surface area contributed by atoms with Crippen LogP contribution in [-0.4, -0.2) is 37.6 Å². The Balaban J connectivity index is 2.10. The lowest BCUT2D eigenvalue weighted by molar-refractivity contribution is -0.143. The van der Waals surface area contributed by atoms with Gasteiger partial charge in [0.25, 0.3) is 5.91 Å². The van der Waals surface area contributed by atoms with E-state index in [1.54, 1.807) is 31.2 Å². The van der Waals surface area contributed by atoms with E-state index in [9.17, 15) is 18.8 Å². The van der Waals surface area contributed by atoms with Gasteiger partial charge in [0.15, 0.2) is 17.2 Å². The van der Waals surface area contributed by atoms with Gasteiger partial charge in [-0.1, -0.05) is 23.7 Å². The Labute approximate surface area is 191 Å². The van der Waals surface area contributed by atoms with Crippen molar-refractivity contribution in [2.75, 3.05) is 6.61 Å². The van der Waals surface area contributed by atoms with Crippen molar-refractivity contribution < 1.29 is 18.7 Å². The Kier molecular flexibility index (Phi) is 5.93. The zero-order chi connectivity index (χ0) is 23.7. The summed E-state index contributed by atoms with van der Waals surface area (Å²) in [5.74, 6) is -2.11. The topological polar surface area (TPSA) is 122 Å². The van der Waals surface area contributed by atoms with Crippen molar-refractivity contribution in [3.05, 3.63) is 75.5 Å². The van der Waals surface area contributed by atoms with Gasteiger partial charge >= 0.3 is 11.7 Å². The summed E-state index contributed by atoms with van der Waals surface area (Å²) < 4.78 is 20.6. The molecule has 1 amide bonds. The highest BCUT2D eigenvalue weighted by Gasteiger charge is 2.26. The third-order valence-corrected chi connectivity index (χ3v) is 5.12. The molecule has 2 N–H and O–H groups in total. The number of nitrogens with two attached hydrogens (primary N) is 1. The number of carbonyl (C=O) groups excluding carboxylic acids is 2. The number of halogens is 2. The van der Waals surface area contributed by atoms with E-state index in [1.165, 1.54) is 24.3 Å². The zero-order valence-electron chi connectivity index (χ0n) is 17.3. The molecular formula is C22H17ClFN5O4. The summed E-state index contributed by atoms with van der Waals surface area (Å²) in [5.41, 5.74) is 5.20. The standard InChI is InChI=1S/C22H17ClFN5O4/c1-2-33-16(30)11-28-18-17(19(25)31)26-20(14-5-3-4-6-15(14)23)27-21(18)29(22(28)32)13-9-7-12(24)8-10-13/h3-10H,2,11H2,1H3,(H2,25,31). The number of esters is 1. The molecule has 0 bridgehead atoms. The van der Waals surface area contributed by atoms with E-state index in [1.807, 2.05) is 0 Å². The second kappa shape index (κ2) is 8.83. The van der Waals surface area contributed by atoms with Gasteiger partial charge in [-0.25, -0.2) is 23.7 Å². The second-order valence-electron chi connectivity index (χ2n) is 6.90. The fraction of sp³-hybridized carbons (Fsp3) is 0.136. The van der Waals surface area contributed by atoms with Gasteiger partial charge in [0.1, 0.15) is 17.9 Å². The van der Waals surface area contributed by atoms with Crippen molar-refractivity contribution in [3.8, 4) is 17.1 Å². The molecule has 2 aromatic carbocycles. The fourth-order valence-corrected chi connectivity index (χ4v) is 3.61.